The van der Waals surface area contributed by atoms with Gasteiger partial charge in [-0.3, -0.25) is 4.98 Å². The van der Waals surface area contributed by atoms with E-state index in [1.54, 1.807) is 12.4 Å². The van der Waals surface area contributed by atoms with Crippen molar-refractivity contribution in [1.29, 1.82) is 0 Å². The Labute approximate surface area is 320 Å². The summed E-state index contributed by atoms with van der Waals surface area (Å²) >= 11 is 0. The van der Waals surface area contributed by atoms with Crippen LogP contribution in [0.5, 0.6) is 0 Å². The highest BCUT2D eigenvalue weighted by molar-refractivity contribution is 5.88. The van der Waals surface area contributed by atoms with Crippen LogP contribution >= 0.6 is 0 Å². The zero-order valence-electron chi connectivity index (χ0n) is 29.9. The van der Waals surface area contributed by atoms with Gasteiger partial charge in [-0.05, 0) is 79.9 Å². The number of aromatic nitrogens is 4. The molecule has 0 saturated heterocycles. The van der Waals surface area contributed by atoms with Gasteiger partial charge >= 0.3 is 0 Å². The van der Waals surface area contributed by atoms with E-state index in [2.05, 4.69) is 181 Å². The monoisotopic (exact) mass is 702 g/mol. The molecule has 10 rings (SSSR count). The van der Waals surface area contributed by atoms with Gasteiger partial charge in [-0.2, -0.15) is 0 Å². The molecule has 0 atom stereocenters. The molecule has 7 aromatic carbocycles. The second kappa shape index (κ2) is 13.6. The maximum absolute atomic E-state index is 5.08. The van der Waals surface area contributed by atoms with E-state index in [0.29, 0.717) is 17.5 Å². The van der Waals surface area contributed by atoms with Crippen molar-refractivity contribution in [1.82, 2.24) is 19.9 Å². The normalized spacial score (nSPS) is 12.5. The predicted molar refractivity (Wildman–Crippen MR) is 222 cm³/mol. The Morgan fingerprint density at radius 3 is 1.49 bits per heavy atom. The Morgan fingerprint density at radius 2 is 0.800 bits per heavy atom. The smallest absolute Gasteiger partial charge is 0.165 e. The number of nitrogens with zero attached hydrogens (tertiary/aromatic N) is 4. The van der Waals surface area contributed by atoms with Crippen LogP contribution in [0, 0.1) is 0 Å². The summed E-state index contributed by atoms with van der Waals surface area (Å²) in [5.74, 6) is 1.80. The molecule has 0 bridgehead atoms. The molecule has 0 spiro atoms. The lowest BCUT2D eigenvalue weighted by molar-refractivity contribution is 0.769. The summed E-state index contributed by atoms with van der Waals surface area (Å²) in [6.45, 7) is 0. The van der Waals surface area contributed by atoms with Gasteiger partial charge in [-0.25, -0.2) is 15.0 Å². The zero-order valence-corrected chi connectivity index (χ0v) is 29.9. The summed E-state index contributed by atoms with van der Waals surface area (Å²) in [5.41, 5.74) is 14.3. The zero-order chi connectivity index (χ0) is 36.6. The predicted octanol–water partition coefficient (Wildman–Crippen LogP) is 12.0. The van der Waals surface area contributed by atoms with E-state index in [1.807, 2.05) is 18.2 Å². The highest BCUT2D eigenvalue weighted by Crippen LogP contribution is 2.56. The number of benzene rings is 7. The molecule has 0 aliphatic heterocycles. The number of fused-ring (bicyclic) bond motifs is 3. The average molecular weight is 703 g/mol. The molecule has 2 aromatic heterocycles. The van der Waals surface area contributed by atoms with Crippen LogP contribution in [0.3, 0.4) is 0 Å². The van der Waals surface area contributed by atoms with Crippen molar-refractivity contribution in [3.63, 3.8) is 0 Å². The van der Waals surface area contributed by atoms with Crippen LogP contribution in [-0.4, -0.2) is 19.9 Å². The first kappa shape index (κ1) is 32.4. The van der Waals surface area contributed by atoms with Crippen molar-refractivity contribution in [2.75, 3.05) is 0 Å². The van der Waals surface area contributed by atoms with E-state index in [9.17, 15) is 0 Å². The first-order valence-corrected chi connectivity index (χ1v) is 18.5. The van der Waals surface area contributed by atoms with Crippen LogP contribution < -0.4 is 0 Å². The molecule has 55 heavy (non-hydrogen) atoms. The summed E-state index contributed by atoms with van der Waals surface area (Å²) in [4.78, 5) is 19.4. The van der Waals surface area contributed by atoms with Gasteiger partial charge < -0.3 is 0 Å². The van der Waals surface area contributed by atoms with Crippen LogP contribution in [0.15, 0.2) is 207 Å². The molecular weight excluding hydrogens is 669 g/mol. The third-order valence-corrected chi connectivity index (χ3v) is 10.7. The van der Waals surface area contributed by atoms with Crippen LogP contribution in [0.2, 0.25) is 0 Å². The van der Waals surface area contributed by atoms with E-state index in [-0.39, 0.29) is 0 Å². The molecule has 0 radical (unpaired) electrons. The van der Waals surface area contributed by atoms with E-state index in [4.69, 9.17) is 15.0 Å². The minimum absolute atomic E-state index is 0.472. The molecule has 4 heteroatoms. The van der Waals surface area contributed by atoms with E-state index in [1.165, 1.54) is 38.9 Å². The number of hydrogen-bond acceptors (Lipinski definition) is 4. The van der Waals surface area contributed by atoms with Crippen molar-refractivity contribution in [2.24, 2.45) is 0 Å². The van der Waals surface area contributed by atoms with Crippen molar-refractivity contribution in [3.05, 3.63) is 229 Å². The number of hydrogen-bond donors (Lipinski definition) is 0. The Morgan fingerprint density at radius 1 is 0.309 bits per heavy atom. The Kier molecular flexibility index (Phi) is 8.00. The second-order valence-electron chi connectivity index (χ2n) is 13.9. The van der Waals surface area contributed by atoms with Crippen molar-refractivity contribution in [3.8, 4) is 67.5 Å². The Hall–Kier alpha value is -7.30. The SMILES string of the molecule is c1ccc(-c2ccc(-c3nc(-c4cccnc4)nc(-c4cccc(-c5ccc6c(c5)C(c5ccccc5)(c5ccccc5)c5ccccc5-6)c4)n3)cc2)cc1. The van der Waals surface area contributed by atoms with Crippen molar-refractivity contribution >= 4 is 0 Å². The van der Waals surface area contributed by atoms with Crippen LogP contribution in [-0.2, 0) is 5.41 Å². The summed E-state index contributed by atoms with van der Waals surface area (Å²) < 4.78 is 0. The molecule has 1 aliphatic carbocycles. The lowest BCUT2D eigenvalue weighted by atomic mass is 9.67. The van der Waals surface area contributed by atoms with Gasteiger partial charge in [0.25, 0.3) is 0 Å². The third kappa shape index (κ3) is 5.63. The van der Waals surface area contributed by atoms with Crippen molar-refractivity contribution in [2.45, 2.75) is 5.41 Å². The molecule has 2 heterocycles. The Bertz CT molecular complexity index is 2740. The molecule has 1 aliphatic rings. The van der Waals surface area contributed by atoms with E-state index in [0.717, 1.165) is 33.4 Å². The second-order valence-corrected chi connectivity index (χ2v) is 13.9. The van der Waals surface area contributed by atoms with Gasteiger partial charge in [0, 0.05) is 29.1 Å². The fourth-order valence-corrected chi connectivity index (χ4v) is 8.16. The Balaban J connectivity index is 1.11. The molecular formula is C51H34N4. The maximum atomic E-state index is 5.08. The molecule has 9 aromatic rings. The van der Waals surface area contributed by atoms with Gasteiger partial charge in [-0.1, -0.05) is 170 Å². The molecule has 258 valence electrons. The lowest BCUT2D eigenvalue weighted by Crippen LogP contribution is -2.28. The summed E-state index contributed by atoms with van der Waals surface area (Å²) in [7, 11) is 0. The summed E-state index contributed by atoms with van der Waals surface area (Å²) in [6.07, 6.45) is 3.56. The first-order chi connectivity index (χ1) is 27.3. The third-order valence-electron chi connectivity index (χ3n) is 10.7. The molecule has 0 N–H and O–H groups in total. The van der Waals surface area contributed by atoms with Crippen LogP contribution in [0.4, 0.5) is 0 Å². The van der Waals surface area contributed by atoms with Crippen molar-refractivity contribution < 1.29 is 0 Å². The van der Waals surface area contributed by atoms with Gasteiger partial charge in [-0.15, -0.1) is 0 Å². The van der Waals surface area contributed by atoms with Gasteiger partial charge in [0.05, 0.1) is 5.41 Å². The summed E-state index contributed by atoms with van der Waals surface area (Å²) in [6, 6.07) is 68.8. The highest BCUT2D eigenvalue weighted by atomic mass is 15.0. The van der Waals surface area contributed by atoms with E-state index < -0.39 is 5.41 Å². The minimum atomic E-state index is -0.472. The molecule has 0 saturated carbocycles. The fourth-order valence-electron chi connectivity index (χ4n) is 8.16. The highest BCUT2D eigenvalue weighted by Gasteiger charge is 2.46. The summed E-state index contributed by atoms with van der Waals surface area (Å²) in [5, 5.41) is 0. The van der Waals surface area contributed by atoms with Gasteiger partial charge in [0.2, 0.25) is 0 Å². The maximum Gasteiger partial charge on any atom is 0.165 e. The van der Waals surface area contributed by atoms with Gasteiger partial charge in [0.1, 0.15) is 0 Å². The number of pyridine rings is 1. The lowest BCUT2D eigenvalue weighted by Gasteiger charge is -2.34. The van der Waals surface area contributed by atoms with Crippen LogP contribution in [0.1, 0.15) is 22.3 Å². The molecule has 0 fully saturated rings. The first-order valence-electron chi connectivity index (χ1n) is 18.5. The minimum Gasteiger partial charge on any atom is -0.264 e. The largest absolute Gasteiger partial charge is 0.264 e. The van der Waals surface area contributed by atoms with E-state index >= 15 is 0 Å². The standard InChI is InChI=1S/C51H34N4/c1-4-14-35(15-5-1)36-25-27-37(28-26-36)48-53-49(55-50(54-48)41-18-13-31-52-34-41)40-17-12-16-38(32-40)39-29-30-45-44-23-10-11-24-46(44)51(47(45)33-39,42-19-6-2-7-20-42)43-21-8-3-9-22-43/h1-34H. The quantitative estimate of drug-likeness (QED) is 0.166. The van der Waals surface area contributed by atoms with Crippen LogP contribution in [0.25, 0.3) is 67.5 Å². The number of rotatable bonds is 7. The van der Waals surface area contributed by atoms with Gasteiger partial charge in [0.15, 0.2) is 17.5 Å². The molecule has 4 nitrogen and oxygen atoms in total. The molecule has 0 unspecified atom stereocenters. The molecule has 0 amide bonds. The average Bonchev–Trinajstić information content (AvgIpc) is 3.58. The topological polar surface area (TPSA) is 51.6 Å². The fraction of sp³-hybridized carbons (Fsp3) is 0.0196.